The van der Waals surface area contributed by atoms with Crippen LogP contribution in [-0.4, -0.2) is 104 Å². The van der Waals surface area contributed by atoms with E-state index in [9.17, 15) is 43.2 Å². The highest BCUT2D eigenvalue weighted by atomic mass is 16.7. The molecule has 5 aromatic carbocycles. The van der Waals surface area contributed by atoms with E-state index in [2.05, 4.69) is 138 Å². The first-order chi connectivity index (χ1) is 50.7. The van der Waals surface area contributed by atoms with Crippen molar-refractivity contribution in [2.75, 3.05) is 40.6 Å². The van der Waals surface area contributed by atoms with Crippen molar-refractivity contribution >= 4 is 53.3 Å². The number of hydrogen-bond donors (Lipinski definition) is 0. The number of carbonyl (C=O) groups is 9. The van der Waals surface area contributed by atoms with Gasteiger partial charge in [0.05, 0.1) is 40.5 Å². The number of hydrogen-bond acceptors (Lipinski definition) is 15. The molecule has 5 aromatic rings. The van der Waals surface area contributed by atoms with Gasteiger partial charge in [-0.2, -0.15) is 0 Å². The van der Waals surface area contributed by atoms with Crippen LogP contribution >= 0.6 is 0 Å². The van der Waals surface area contributed by atoms with Gasteiger partial charge in [-0.15, -0.1) is 10.1 Å². The van der Waals surface area contributed by atoms with Crippen LogP contribution in [0.25, 0.3) is 0 Å². The summed E-state index contributed by atoms with van der Waals surface area (Å²) in [5, 5.41) is 1.14. The van der Waals surface area contributed by atoms with E-state index in [4.69, 9.17) is 19.1 Å². The van der Waals surface area contributed by atoms with Crippen molar-refractivity contribution in [3.8, 4) is 47.4 Å². The van der Waals surface area contributed by atoms with Crippen molar-refractivity contribution in [2.24, 2.45) is 0 Å². The third-order valence-electron chi connectivity index (χ3n) is 16.1. The number of ether oxygens (including phenoxy) is 4. The zero-order chi connectivity index (χ0) is 76.5. The molecule has 0 atom stereocenters. The summed E-state index contributed by atoms with van der Waals surface area (Å²) in [4.78, 5) is 110. The van der Waals surface area contributed by atoms with Crippen molar-refractivity contribution < 1.29 is 71.8 Å². The van der Waals surface area contributed by atoms with E-state index in [1.54, 1.807) is 6.92 Å². The monoisotopic (exact) mass is 1430 g/mol. The molecule has 0 aliphatic carbocycles. The normalized spacial score (nSPS) is 11.6. The average Bonchev–Trinajstić information content (AvgIpc) is 1.74. The van der Waals surface area contributed by atoms with E-state index in [-0.39, 0.29) is 57.1 Å². The molecular weight excluding hydrogens is 1320 g/mol. The summed E-state index contributed by atoms with van der Waals surface area (Å²) in [6.45, 7) is 13.1. The molecule has 2 aliphatic rings. The number of aryl methyl sites for hydroxylation is 6. The summed E-state index contributed by atoms with van der Waals surface area (Å²) in [7, 11) is 2.84. The van der Waals surface area contributed by atoms with Crippen LogP contribution in [0.15, 0.2) is 121 Å². The summed E-state index contributed by atoms with van der Waals surface area (Å²) < 4.78 is 19.7. The van der Waals surface area contributed by atoms with Crippen molar-refractivity contribution in [3.63, 3.8) is 0 Å². The molecule has 7 rings (SSSR count). The largest absolute Gasteiger partial charge is 0.469 e. The molecule has 0 unspecified atom stereocenters. The molecule has 2 fully saturated rings. The Balaban J connectivity index is 0.000000347. The van der Waals surface area contributed by atoms with E-state index in [1.165, 1.54) is 79.7 Å². The van der Waals surface area contributed by atoms with Crippen LogP contribution in [0.2, 0.25) is 0 Å². The predicted octanol–water partition coefficient (Wildman–Crippen LogP) is 16.5. The minimum absolute atomic E-state index is 0.0513. The van der Waals surface area contributed by atoms with Crippen molar-refractivity contribution in [2.45, 2.75) is 228 Å². The molecule has 17 nitrogen and oxygen atoms in total. The zero-order valence-electron chi connectivity index (χ0n) is 63.4. The summed E-state index contributed by atoms with van der Waals surface area (Å²) in [6, 6.07) is 41.2. The quantitative estimate of drug-likeness (QED) is 0.0162. The number of nitrogens with zero attached hydrogens (tertiary/aromatic N) is 2. The Labute approximate surface area is 624 Å². The highest BCUT2D eigenvalue weighted by molar-refractivity contribution is 6.02. The van der Waals surface area contributed by atoms with Gasteiger partial charge in [-0.25, -0.2) is 9.59 Å². The van der Waals surface area contributed by atoms with Gasteiger partial charge in [0.1, 0.15) is 12.4 Å². The van der Waals surface area contributed by atoms with Crippen LogP contribution in [-0.2, 0) is 78.2 Å². The Morgan fingerprint density at radius 2 is 0.638 bits per heavy atom. The molecule has 0 radical (unpaired) electrons. The number of unbranched alkanes of at least 4 members (excludes halogenated alkanes) is 15. The number of hydroxylamine groups is 4. The van der Waals surface area contributed by atoms with Gasteiger partial charge in [-0.05, 0) is 147 Å². The summed E-state index contributed by atoms with van der Waals surface area (Å²) in [5.74, 6) is 21.8. The van der Waals surface area contributed by atoms with Gasteiger partial charge >= 0.3 is 23.9 Å². The summed E-state index contributed by atoms with van der Waals surface area (Å²) in [5.41, 5.74) is 11.7. The van der Waals surface area contributed by atoms with Crippen LogP contribution in [0, 0.1) is 82.0 Å². The molecule has 105 heavy (non-hydrogen) atoms. The predicted molar refractivity (Wildman–Crippen MR) is 409 cm³/mol. The van der Waals surface area contributed by atoms with Crippen LogP contribution in [0.1, 0.15) is 242 Å². The number of amides is 4. The number of methoxy groups -OCH3 is 2. The molecule has 2 saturated heterocycles. The Bertz CT molecular complexity index is 3650. The van der Waals surface area contributed by atoms with Gasteiger partial charge in [0.25, 0.3) is 23.6 Å². The lowest BCUT2D eigenvalue weighted by molar-refractivity contribution is -0.198. The number of benzene rings is 5. The first-order valence-corrected chi connectivity index (χ1v) is 36.9. The van der Waals surface area contributed by atoms with Crippen molar-refractivity contribution in [3.05, 3.63) is 177 Å². The minimum Gasteiger partial charge on any atom is -0.469 e. The second-order valence-electron chi connectivity index (χ2n) is 25.7. The van der Waals surface area contributed by atoms with Crippen molar-refractivity contribution in [1.82, 2.24) is 10.1 Å². The van der Waals surface area contributed by atoms with Gasteiger partial charge in [-0.1, -0.05) is 206 Å². The number of rotatable bonds is 34. The van der Waals surface area contributed by atoms with Gasteiger partial charge < -0.3 is 33.4 Å². The maximum atomic E-state index is 11.6. The van der Waals surface area contributed by atoms with Crippen LogP contribution in [0.4, 0.5) is 0 Å². The van der Waals surface area contributed by atoms with E-state index >= 15 is 0 Å². The average molecular weight is 1440 g/mol. The van der Waals surface area contributed by atoms with Gasteiger partial charge in [0.2, 0.25) is 0 Å². The standard InChI is InChI=1S/C22H27NO4.C19H21NO6.C19H26O.C14H20O2.C14H16O2/c1-18-12-14-19(15-13-18)10-8-6-4-2-3-5-7-9-11-22(26)27-23-20(24)16-17-21(23)25;1-15-4-6-16(7-5-15)3-2-11-24-13-14-25-12-10-19(23)26-20-17(21)8-9-18(20)22;1-17-13-15-19(16-14-17)12-10-8-6-4-3-5-7-9-11-18(2)20;2*1-12-8-10-13(11-9-12)6-4-3-5-7-14(15)16-2/h12-15H,2-7,9,11,16-17H2,1H3;4-7H,8-14H2,1H3;13-16H,3-9,11H2,1-2H3;8-11H,3-7H2,1-2H3;8-11H,3,5,7H2,1-2H3. The molecule has 0 aromatic heterocycles. The minimum atomic E-state index is -0.682. The molecule has 2 aliphatic heterocycles. The fraction of sp³-hybridized carbons (Fsp3) is 0.466. The maximum absolute atomic E-state index is 11.6. The number of ketones is 1. The lowest BCUT2D eigenvalue weighted by Gasteiger charge is -2.12. The molecule has 4 amide bonds. The first kappa shape index (κ1) is 89.3. The third-order valence-corrected chi connectivity index (χ3v) is 16.1. The molecule has 0 bridgehead atoms. The van der Waals surface area contributed by atoms with Crippen molar-refractivity contribution in [1.29, 1.82) is 0 Å². The molecule has 2 heterocycles. The van der Waals surface area contributed by atoms with Gasteiger partial charge in [-0.3, -0.25) is 28.8 Å². The Morgan fingerprint density at radius 1 is 0.333 bits per heavy atom. The highest BCUT2D eigenvalue weighted by Gasteiger charge is 2.33. The number of esters is 2. The molecule has 0 N–H and O–H groups in total. The first-order valence-electron chi connectivity index (χ1n) is 36.9. The molecular formula is C88H110N2O15. The lowest BCUT2D eigenvalue weighted by atomic mass is 10.1. The molecule has 562 valence electrons. The SMILES string of the molecule is CC(=O)CCCCCCCCC#Cc1ccc(C)cc1.COC(=O)CCCC#Cc1ccc(C)cc1.COC(=O)CCCCCc1ccc(C)cc1.Cc1ccc(C#CCCCCCCCCC(=O)ON2C(=O)CCC2=O)cc1.Cc1ccc(C#CCOCCOCCC(=O)ON2C(=O)CCC2=O)cc1. The summed E-state index contributed by atoms with van der Waals surface area (Å²) in [6.07, 6.45) is 23.2. The smallest absolute Gasteiger partial charge is 0.335 e. The fourth-order valence-electron chi connectivity index (χ4n) is 9.83. The number of imide groups is 2. The number of Topliss-reactive ketones (excluding diaryl/α,β-unsaturated/α-hetero) is 1. The van der Waals surface area contributed by atoms with E-state index < -0.39 is 35.6 Å². The fourth-order valence-corrected chi connectivity index (χ4v) is 9.83. The Kier molecular flexibility index (Phi) is 48.1. The molecule has 0 spiro atoms. The second-order valence-corrected chi connectivity index (χ2v) is 25.7. The van der Waals surface area contributed by atoms with E-state index in [0.29, 0.717) is 55.0 Å². The zero-order valence-corrected chi connectivity index (χ0v) is 63.4. The third kappa shape index (κ3) is 45.7. The lowest BCUT2D eigenvalue weighted by Crippen LogP contribution is -2.32. The molecule has 0 saturated carbocycles. The van der Waals surface area contributed by atoms with Crippen LogP contribution < -0.4 is 0 Å². The maximum Gasteiger partial charge on any atom is 0.335 e. The summed E-state index contributed by atoms with van der Waals surface area (Å²) >= 11 is 0. The molecule has 17 heteroatoms. The van der Waals surface area contributed by atoms with Crippen LogP contribution in [0.5, 0.6) is 0 Å². The van der Waals surface area contributed by atoms with Gasteiger partial charge in [0, 0.05) is 92.9 Å². The second kappa shape index (κ2) is 56.5. The van der Waals surface area contributed by atoms with E-state index in [0.717, 1.165) is 119 Å². The number of carbonyl (C=O) groups excluding carboxylic acids is 9. The van der Waals surface area contributed by atoms with Crippen LogP contribution in [0.3, 0.4) is 0 Å². The van der Waals surface area contributed by atoms with E-state index in [1.807, 2.05) is 74.5 Å². The Morgan fingerprint density at radius 3 is 1.03 bits per heavy atom. The van der Waals surface area contributed by atoms with Gasteiger partial charge in [0.15, 0.2) is 0 Å². The topological polar surface area (TPSA) is 215 Å². The highest BCUT2D eigenvalue weighted by Crippen LogP contribution is 2.17. The Hall–Kier alpha value is -9.91.